The molecule has 0 aliphatic heterocycles. The molecule has 0 fully saturated rings. The van der Waals surface area contributed by atoms with Gasteiger partial charge in [-0.25, -0.2) is 0 Å². The summed E-state index contributed by atoms with van der Waals surface area (Å²) < 4.78 is 0. The summed E-state index contributed by atoms with van der Waals surface area (Å²) in [7, 11) is 2.13. The standard InChI is InChI=1S/C14H22N2/c1-11(10-15)16(2)14-8-7-12-5-3-4-6-13(12)9-14/h7-9,11H,3-6,10,15H2,1-2H3. The van der Waals surface area contributed by atoms with Crippen LogP contribution in [0.1, 0.15) is 30.9 Å². The molecule has 1 unspecified atom stereocenters. The van der Waals surface area contributed by atoms with Crippen molar-refractivity contribution >= 4 is 5.69 Å². The lowest BCUT2D eigenvalue weighted by Gasteiger charge is -2.27. The molecule has 0 bridgehead atoms. The largest absolute Gasteiger partial charge is 0.371 e. The van der Waals surface area contributed by atoms with Crippen LogP contribution in [0.25, 0.3) is 0 Å². The predicted molar refractivity (Wildman–Crippen MR) is 70.0 cm³/mol. The Hall–Kier alpha value is -1.02. The van der Waals surface area contributed by atoms with Crippen LogP contribution in [0.5, 0.6) is 0 Å². The molecule has 0 saturated heterocycles. The van der Waals surface area contributed by atoms with Gasteiger partial charge in [-0.2, -0.15) is 0 Å². The van der Waals surface area contributed by atoms with Crippen molar-refractivity contribution in [3.63, 3.8) is 0 Å². The van der Waals surface area contributed by atoms with Crippen molar-refractivity contribution in [1.82, 2.24) is 0 Å². The quantitative estimate of drug-likeness (QED) is 0.844. The van der Waals surface area contributed by atoms with Crippen LogP contribution < -0.4 is 10.6 Å². The highest BCUT2D eigenvalue weighted by atomic mass is 15.1. The fourth-order valence-electron chi connectivity index (χ4n) is 2.35. The molecule has 1 aliphatic carbocycles. The zero-order valence-corrected chi connectivity index (χ0v) is 10.4. The van der Waals surface area contributed by atoms with Crippen LogP contribution in [-0.4, -0.2) is 19.6 Å². The molecule has 2 nitrogen and oxygen atoms in total. The van der Waals surface area contributed by atoms with E-state index >= 15 is 0 Å². The first-order valence-electron chi connectivity index (χ1n) is 6.27. The third kappa shape index (κ3) is 2.22. The van der Waals surface area contributed by atoms with Gasteiger partial charge in [0.15, 0.2) is 0 Å². The smallest absolute Gasteiger partial charge is 0.0380 e. The number of likely N-dealkylation sites (N-methyl/N-ethyl adjacent to an activating group) is 1. The monoisotopic (exact) mass is 218 g/mol. The lowest BCUT2D eigenvalue weighted by molar-refractivity contribution is 0.677. The highest BCUT2D eigenvalue weighted by Crippen LogP contribution is 2.26. The number of rotatable bonds is 3. The third-order valence-electron chi connectivity index (χ3n) is 3.74. The second kappa shape index (κ2) is 4.88. The number of fused-ring (bicyclic) bond motifs is 1. The zero-order chi connectivity index (χ0) is 11.5. The van der Waals surface area contributed by atoms with E-state index in [1.165, 1.54) is 31.4 Å². The normalized spacial score (nSPS) is 16.7. The van der Waals surface area contributed by atoms with Crippen LogP contribution >= 0.6 is 0 Å². The molecule has 0 amide bonds. The van der Waals surface area contributed by atoms with E-state index < -0.39 is 0 Å². The van der Waals surface area contributed by atoms with Crippen LogP contribution in [0, 0.1) is 0 Å². The van der Waals surface area contributed by atoms with E-state index in [2.05, 4.69) is 37.1 Å². The molecule has 0 heterocycles. The molecule has 0 saturated carbocycles. The van der Waals surface area contributed by atoms with E-state index in [4.69, 9.17) is 5.73 Å². The zero-order valence-electron chi connectivity index (χ0n) is 10.4. The van der Waals surface area contributed by atoms with Crippen LogP contribution in [0.2, 0.25) is 0 Å². The molecule has 16 heavy (non-hydrogen) atoms. The van der Waals surface area contributed by atoms with Gasteiger partial charge in [0.2, 0.25) is 0 Å². The first-order chi connectivity index (χ1) is 7.72. The first kappa shape index (κ1) is 11.5. The second-order valence-corrected chi connectivity index (χ2v) is 4.86. The van der Waals surface area contributed by atoms with Crippen LogP contribution in [0.15, 0.2) is 18.2 Å². The maximum atomic E-state index is 5.71. The van der Waals surface area contributed by atoms with Gasteiger partial charge in [0.1, 0.15) is 0 Å². The van der Waals surface area contributed by atoms with Crippen LogP contribution in [0.4, 0.5) is 5.69 Å². The molecule has 1 aromatic rings. The number of nitrogens with zero attached hydrogens (tertiary/aromatic N) is 1. The first-order valence-corrected chi connectivity index (χ1v) is 6.27. The highest BCUT2D eigenvalue weighted by molar-refractivity contribution is 5.51. The summed E-state index contributed by atoms with van der Waals surface area (Å²) in [6.07, 6.45) is 5.19. The minimum absolute atomic E-state index is 0.404. The van der Waals surface area contributed by atoms with Crippen molar-refractivity contribution in [2.75, 3.05) is 18.5 Å². The van der Waals surface area contributed by atoms with Gasteiger partial charge in [0.05, 0.1) is 0 Å². The number of nitrogens with two attached hydrogens (primary N) is 1. The van der Waals surface area contributed by atoms with E-state index in [9.17, 15) is 0 Å². The fourth-order valence-corrected chi connectivity index (χ4v) is 2.35. The molecule has 1 atom stereocenters. The van der Waals surface area contributed by atoms with Crippen molar-refractivity contribution < 1.29 is 0 Å². The van der Waals surface area contributed by atoms with E-state index in [0.717, 1.165) is 0 Å². The van der Waals surface area contributed by atoms with Crippen LogP contribution in [-0.2, 0) is 12.8 Å². The van der Waals surface area contributed by atoms with Crippen LogP contribution in [0.3, 0.4) is 0 Å². The van der Waals surface area contributed by atoms with Gasteiger partial charge in [-0.3, -0.25) is 0 Å². The van der Waals surface area contributed by atoms with Crippen molar-refractivity contribution in [2.24, 2.45) is 5.73 Å². The van der Waals surface area contributed by atoms with E-state index in [-0.39, 0.29) is 0 Å². The summed E-state index contributed by atoms with van der Waals surface area (Å²) in [5.41, 5.74) is 10.1. The SMILES string of the molecule is CC(CN)N(C)c1ccc2c(c1)CCCC2. The minimum atomic E-state index is 0.404. The van der Waals surface area contributed by atoms with Crippen molar-refractivity contribution in [1.29, 1.82) is 0 Å². The minimum Gasteiger partial charge on any atom is -0.371 e. The van der Waals surface area contributed by atoms with Gasteiger partial charge < -0.3 is 10.6 Å². The number of aryl methyl sites for hydroxylation is 2. The summed E-state index contributed by atoms with van der Waals surface area (Å²) >= 11 is 0. The van der Waals surface area contributed by atoms with Gasteiger partial charge in [0.25, 0.3) is 0 Å². The summed E-state index contributed by atoms with van der Waals surface area (Å²) in [5, 5.41) is 0. The van der Waals surface area contributed by atoms with Crippen molar-refractivity contribution in [2.45, 2.75) is 38.6 Å². The number of hydrogen-bond donors (Lipinski definition) is 1. The highest BCUT2D eigenvalue weighted by Gasteiger charge is 2.13. The molecule has 88 valence electrons. The molecule has 0 radical (unpaired) electrons. The molecule has 0 aromatic heterocycles. The average molecular weight is 218 g/mol. The molecule has 1 aromatic carbocycles. The number of benzene rings is 1. The Morgan fingerprint density at radius 1 is 1.25 bits per heavy atom. The summed E-state index contributed by atoms with van der Waals surface area (Å²) in [6.45, 7) is 2.87. The lowest BCUT2D eigenvalue weighted by Crippen LogP contribution is -2.35. The van der Waals surface area contributed by atoms with E-state index in [1.807, 2.05) is 0 Å². The Kier molecular flexibility index (Phi) is 3.49. The molecular weight excluding hydrogens is 196 g/mol. The molecule has 2 heteroatoms. The molecule has 0 spiro atoms. The summed E-state index contributed by atoms with van der Waals surface area (Å²) in [5.74, 6) is 0. The van der Waals surface area contributed by atoms with Gasteiger partial charge >= 0.3 is 0 Å². The molecular formula is C14H22N2. The van der Waals surface area contributed by atoms with Crippen molar-refractivity contribution in [3.8, 4) is 0 Å². The lowest BCUT2D eigenvalue weighted by atomic mass is 9.91. The van der Waals surface area contributed by atoms with Gasteiger partial charge in [0, 0.05) is 25.3 Å². The Labute approximate surface area is 98.4 Å². The fraction of sp³-hybridized carbons (Fsp3) is 0.571. The molecule has 1 aliphatic rings. The molecule has 2 rings (SSSR count). The van der Waals surface area contributed by atoms with E-state index in [0.29, 0.717) is 12.6 Å². The summed E-state index contributed by atoms with van der Waals surface area (Å²) in [6, 6.07) is 7.28. The number of anilines is 1. The Morgan fingerprint density at radius 2 is 1.94 bits per heavy atom. The second-order valence-electron chi connectivity index (χ2n) is 4.86. The average Bonchev–Trinajstić information content (AvgIpc) is 2.36. The number of hydrogen-bond acceptors (Lipinski definition) is 2. The van der Waals surface area contributed by atoms with Crippen molar-refractivity contribution in [3.05, 3.63) is 29.3 Å². The Bertz CT molecular complexity index is 360. The maximum absolute atomic E-state index is 5.71. The summed E-state index contributed by atoms with van der Waals surface area (Å²) in [4.78, 5) is 2.27. The Balaban J connectivity index is 2.22. The van der Waals surface area contributed by atoms with Gasteiger partial charge in [-0.15, -0.1) is 0 Å². The van der Waals surface area contributed by atoms with Gasteiger partial charge in [-0.1, -0.05) is 6.07 Å². The predicted octanol–water partition coefficient (Wildman–Crippen LogP) is 2.35. The van der Waals surface area contributed by atoms with Gasteiger partial charge in [-0.05, 0) is 55.9 Å². The van der Waals surface area contributed by atoms with E-state index in [1.54, 1.807) is 11.1 Å². The topological polar surface area (TPSA) is 29.3 Å². The Morgan fingerprint density at radius 3 is 2.62 bits per heavy atom. The maximum Gasteiger partial charge on any atom is 0.0380 e. The third-order valence-corrected chi connectivity index (χ3v) is 3.74. The molecule has 2 N–H and O–H groups in total.